The van der Waals surface area contributed by atoms with E-state index in [-0.39, 0.29) is 11.8 Å². The van der Waals surface area contributed by atoms with Crippen LogP contribution in [0.4, 0.5) is 11.4 Å². The van der Waals surface area contributed by atoms with E-state index in [4.69, 9.17) is 9.47 Å². The molecule has 6 heteroatoms. The highest BCUT2D eigenvalue weighted by atomic mass is 16.5. The Balaban J connectivity index is 1.76. The van der Waals surface area contributed by atoms with E-state index in [2.05, 4.69) is 5.32 Å². The van der Waals surface area contributed by atoms with Gasteiger partial charge >= 0.3 is 0 Å². The van der Waals surface area contributed by atoms with Crippen LogP contribution in [0.15, 0.2) is 36.4 Å². The number of carbonyl (C=O) groups excluding carboxylic acids is 2. The van der Waals surface area contributed by atoms with Crippen molar-refractivity contribution in [3.63, 3.8) is 0 Å². The monoisotopic (exact) mass is 396 g/mol. The molecule has 0 aromatic heterocycles. The lowest BCUT2D eigenvalue weighted by Crippen LogP contribution is -2.35. The lowest BCUT2D eigenvalue weighted by Gasteiger charge is -2.28. The molecule has 2 aromatic carbocycles. The molecule has 1 saturated heterocycles. The molecule has 1 heterocycles. The predicted molar refractivity (Wildman–Crippen MR) is 114 cm³/mol. The van der Waals surface area contributed by atoms with E-state index in [0.717, 1.165) is 30.6 Å². The summed E-state index contributed by atoms with van der Waals surface area (Å²) in [4.78, 5) is 26.7. The summed E-state index contributed by atoms with van der Waals surface area (Å²) in [6.07, 6.45) is 2.57. The molecule has 1 aliphatic heterocycles. The summed E-state index contributed by atoms with van der Waals surface area (Å²) in [7, 11) is 0. The molecule has 0 saturated carbocycles. The third-order valence-electron chi connectivity index (χ3n) is 4.87. The van der Waals surface area contributed by atoms with Gasteiger partial charge in [0.2, 0.25) is 5.91 Å². The maximum atomic E-state index is 12.7. The molecule has 6 nitrogen and oxygen atoms in total. The quantitative estimate of drug-likeness (QED) is 0.745. The third-order valence-corrected chi connectivity index (χ3v) is 4.87. The Morgan fingerprint density at radius 3 is 2.48 bits per heavy atom. The standard InChI is InChI=1S/C23H28N2O4/c1-4-28-20-12-9-17(15-21(20)29-5-2)23(27)24-18-10-11-19(16(3)14-18)25-13-7-6-8-22(25)26/h9-12,14-15H,4-8,13H2,1-3H3,(H,24,27). The topological polar surface area (TPSA) is 67.9 Å². The second-order valence-electron chi connectivity index (χ2n) is 6.99. The second kappa shape index (κ2) is 9.45. The Kier molecular flexibility index (Phi) is 6.75. The number of anilines is 2. The minimum atomic E-state index is -0.227. The van der Waals surface area contributed by atoms with E-state index in [1.165, 1.54) is 0 Å². The van der Waals surface area contributed by atoms with Gasteiger partial charge in [-0.1, -0.05) is 0 Å². The highest BCUT2D eigenvalue weighted by Gasteiger charge is 2.21. The van der Waals surface area contributed by atoms with Crippen LogP contribution in [0, 0.1) is 6.92 Å². The fraction of sp³-hybridized carbons (Fsp3) is 0.391. The van der Waals surface area contributed by atoms with Gasteiger partial charge in [0.05, 0.1) is 13.2 Å². The zero-order valence-electron chi connectivity index (χ0n) is 17.3. The van der Waals surface area contributed by atoms with Crippen molar-refractivity contribution in [2.24, 2.45) is 0 Å². The van der Waals surface area contributed by atoms with Crippen LogP contribution in [0.1, 0.15) is 49.0 Å². The maximum Gasteiger partial charge on any atom is 0.255 e. The molecule has 0 bridgehead atoms. The van der Waals surface area contributed by atoms with Crippen LogP contribution in [0.3, 0.4) is 0 Å². The van der Waals surface area contributed by atoms with E-state index >= 15 is 0 Å². The lowest BCUT2D eigenvalue weighted by atomic mass is 10.1. The normalized spacial score (nSPS) is 13.9. The van der Waals surface area contributed by atoms with E-state index in [0.29, 0.717) is 42.4 Å². The number of hydrogen-bond acceptors (Lipinski definition) is 4. The number of piperidine rings is 1. The number of carbonyl (C=O) groups is 2. The average molecular weight is 396 g/mol. The summed E-state index contributed by atoms with van der Waals surface area (Å²) >= 11 is 0. The molecular formula is C23H28N2O4. The summed E-state index contributed by atoms with van der Waals surface area (Å²) in [5, 5.41) is 2.92. The number of nitrogens with one attached hydrogen (secondary N) is 1. The van der Waals surface area contributed by atoms with Gasteiger partial charge in [0.25, 0.3) is 5.91 Å². The number of aryl methyl sites for hydroxylation is 1. The Bertz CT molecular complexity index is 894. The minimum Gasteiger partial charge on any atom is -0.490 e. The molecule has 0 unspecified atom stereocenters. The Morgan fingerprint density at radius 1 is 1.03 bits per heavy atom. The zero-order valence-corrected chi connectivity index (χ0v) is 17.3. The molecule has 0 atom stereocenters. The number of hydrogen-bond donors (Lipinski definition) is 1. The first-order valence-corrected chi connectivity index (χ1v) is 10.2. The van der Waals surface area contributed by atoms with Crippen molar-refractivity contribution in [3.8, 4) is 11.5 Å². The van der Waals surface area contributed by atoms with E-state index in [1.807, 2.05) is 43.9 Å². The number of ether oxygens (including phenoxy) is 2. The number of amides is 2. The van der Waals surface area contributed by atoms with Crippen LogP contribution >= 0.6 is 0 Å². The predicted octanol–water partition coefficient (Wildman–Crippen LogP) is 4.56. The summed E-state index contributed by atoms with van der Waals surface area (Å²) in [6.45, 7) is 7.51. The van der Waals surface area contributed by atoms with Crippen LogP contribution in [-0.2, 0) is 4.79 Å². The first kappa shape index (κ1) is 20.7. The molecule has 2 aromatic rings. The van der Waals surface area contributed by atoms with Crippen molar-refractivity contribution >= 4 is 23.2 Å². The van der Waals surface area contributed by atoms with Gasteiger partial charge < -0.3 is 19.7 Å². The highest BCUT2D eigenvalue weighted by molar-refractivity contribution is 6.05. The summed E-state index contributed by atoms with van der Waals surface area (Å²) < 4.78 is 11.1. The average Bonchev–Trinajstić information content (AvgIpc) is 2.70. The summed E-state index contributed by atoms with van der Waals surface area (Å²) in [5.41, 5.74) is 3.05. The van der Waals surface area contributed by atoms with Crippen LogP contribution in [0.2, 0.25) is 0 Å². The Labute approximate surface area is 171 Å². The molecule has 0 aliphatic carbocycles. The van der Waals surface area contributed by atoms with E-state index < -0.39 is 0 Å². The largest absolute Gasteiger partial charge is 0.490 e. The van der Waals surface area contributed by atoms with Gasteiger partial charge in [-0.2, -0.15) is 0 Å². The first-order valence-electron chi connectivity index (χ1n) is 10.2. The van der Waals surface area contributed by atoms with E-state index in [9.17, 15) is 9.59 Å². The molecule has 0 radical (unpaired) electrons. The molecular weight excluding hydrogens is 368 g/mol. The van der Waals surface area contributed by atoms with Gasteiger partial charge in [-0.3, -0.25) is 9.59 Å². The molecule has 0 spiro atoms. The fourth-order valence-corrected chi connectivity index (χ4v) is 3.49. The van der Waals surface area contributed by atoms with Gasteiger partial charge in [-0.05, 0) is 75.6 Å². The number of rotatable bonds is 7. The fourth-order valence-electron chi connectivity index (χ4n) is 3.49. The number of nitrogens with zero attached hydrogens (tertiary/aromatic N) is 1. The molecule has 154 valence electrons. The smallest absolute Gasteiger partial charge is 0.255 e. The molecule has 3 rings (SSSR count). The third kappa shape index (κ3) is 4.88. The van der Waals surface area contributed by atoms with Crippen LogP contribution in [0.25, 0.3) is 0 Å². The van der Waals surface area contributed by atoms with Crippen molar-refractivity contribution in [1.29, 1.82) is 0 Å². The summed E-state index contributed by atoms with van der Waals surface area (Å²) in [6, 6.07) is 10.8. The van der Waals surface area contributed by atoms with Gasteiger partial charge in [0.15, 0.2) is 11.5 Å². The molecule has 1 fully saturated rings. The van der Waals surface area contributed by atoms with E-state index in [1.54, 1.807) is 18.2 Å². The molecule has 1 N–H and O–H groups in total. The Hall–Kier alpha value is -3.02. The van der Waals surface area contributed by atoms with Crippen molar-refractivity contribution in [2.45, 2.75) is 40.0 Å². The zero-order chi connectivity index (χ0) is 20.8. The highest BCUT2D eigenvalue weighted by Crippen LogP contribution is 2.30. The van der Waals surface area contributed by atoms with Crippen LogP contribution < -0.4 is 19.7 Å². The molecule has 29 heavy (non-hydrogen) atoms. The van der Waals surface area contributed by atoms with Gasteiger partial charge in [0.1, 0.15) is 0 Å². The molecule has 2 amide bonds. The Morgan fingerprint density at radius 2 is 1.79 bits per heavy atom. The van der Waals surface area contributed by atoms with Gasteiger partial charge in [-0.25, -0.2) is 0 Å². The van der Waals surface area contributed by atoms with Crippen LogP contribution in [-0.4, -0.2) is 31.6 Å². The van der Waals surface area contributed by atoms with Crippen LogP contribution in [0.5, 0.6) is 11.5 Å². The lowest BCUT2D eigenvalue weighted by molar-refractivity contribution is -0.119. The SMILES string of the molecule is CCOc1ccc(C(=O)Nc2ccc(N3CCCCC3=O)c(C)c2)cc1OCC. The van der Waals surface area contributed by atoms with Crippen molar-refractivity contribution < 1.29 is 19.1 Å². The maximum absolute atomic E-state index is 12.7. The van der Waals surface area contributed by atoms with Gasteiger partial charge in [0, 0.05) is 29.9 Å². The van der Waals surface area contributed by atoms with Crippen molar-refractivity contribution in [2.75, 3.05) is 30.0 Å². The van der Waals surface area contributed by atoms with Gasteiger partial charge in [-0.15, -0.1) is 0 Å². The molecule has 1 aliphatic rings. The van der Waals surface area contributed by atoms with Crippen molar-refractivity contribution in [3.05, 3.63) is 47.5 Å². The second-order valence-corrected chi connectivity index (χ2v) is 6.99. The summed E-state index contributed by atoms with van der Waals surface area (Å²) in [5.74, 6) is 1.11. The van der Waals surface area contributed by atoms with Crippen molar-refractivity contribution in [1.82, 2.24) is 0 Å². The first-order chi connectivity index (χ1) is 14.0. The number of benzene rings is 2. The minimum absolute atomic E-state index is 0.161.